The van der Waals surface area contributed by atoms with Gasteiger partial charge in [0.2, 0.25) is 5.91 Å². The Morgan fingerprint density at radius 1 is 1.60 bits per heavy atom. The van der Waals surface area contributed by atoms with E-state index in [0.29, 0.717) is 0 Å². The third-order valence-electron chi connectivity index (χ3n) is 1.85. The maximum Gasteiger partial charge on any atom is 0.226 e. The van der Waals surface area contributed by atoms with Crippen molar-refractivity contribution in [2.24, 2.45) is 5.92 Å². The number of rotatable bonds is 1. The lowest BCUT2D eigenvalue weighted by Crippen LogP contribution is -2.30. The van der Waals surface area contributed by atoms with Crippen LogP contribution in [0, 0.1) is 5.92 Å². The highest BCUT2D eigenvalue weighted by molar-refractivity contribution is 5.78. The first-order valence-electron chi connectivity index (χ1n) is 3.63. The highest BCUT2D eigenvalue weighted by Gasteiger charge is 2.23. The first kappa shape index (κ1) is 7.54. The summed E-state index contributed by atoms with van der Waals surface area (Å²) in [5.41, 5.74) is 0. The number of hydrogen-bond donors (Lipinski definition) is 1. The second-order valence-corrected chi connectivity index (χ2v) is 2.92. The van der Waals surface area contributed by atoms with E-state index in [0.717, 1.165) is 19.5 Å². The van der Waals surface area contributed by atoms with Crippen molar-refractivity contribution in [1.82, 2.24) is 10.2 Å². The minimum Gasteiger partial charge on any atom is -0.349 e. The summed E-state index contributed by atoms with van der Waals surface area (Å²) >= 11 is 0. The molecule has 10 heavy (non-hydrogen) atoms. The summed E-state index contributed by atoms with van der Waals surface area (Å²) in [7, 11) is 3.61. The van der Waals surface area contributed by atoms with E-state index in [9.17, 15) is 4.79 Å². The number of nitrogens with zero attached hydrogens (tertiary/aromatic N) is 1. The van der Waals surface area contributed by atoms with Gasteiger partial charge in [-0.25, -0.2) is 0 Å². The Hall–Kier alpha value is -0.570. The predicted molar refractivity (Wildman–Crippen MR) is 39.7 cm³/mol. The number of carbonyl (C=O) groups is 1. The van der Waals surface area contributed by atoms with Gasteiger partial charge in [0.1, 0.15) is 0 Å². The molecule has 1 N–H and O–H groups in total. The van der Waals surface area contributed by atoms with Crippen molar-refractivity contribution in [3.05, 3.63) is 0 Å². The Morgan fingerprint density at radius 2 is 2.30 bits per heavy atom. The van der Waals surface area contributed by atoms with Crippen LogP contribution in [0.5, 0.6) is 0 Å². The Balaban J connectivity index is 2.40. The topological polar surface area (TPSA) is 32.3 Å². The van der Waals surface area contributed by atoms with Crippen LogP contribution in [0.4, 0.5) is 0 Å². The van der Waals surface area contributed by atoms with Crippen LogP contribution in [0.1, 0.15) is 6.42 Å². The average molecular weight is 142 g/mol. The van der Waals surface area contributed by atoms with Crippen LogP contribution in [-0.2, 0) is 4.79 Å². The fraction of sp³-hybridized carbons (Fsp3) is 0.857. The van der Waals surface area contributed by atoms with Gasteiger partial charge in [0.05, 0.1) is 5.92 Å². The molecule has 0 saturated carbocycles. The highest BCUT2D eigenvalue weighted by Crippen LogP contribution is 2.09. The molecule has 0 spiro atoms. The van der Waals surface area contributed by atoms with Gasteiger partial charge in [0.15, 0.2) is 0 Å². The molecule has 1 saturated heterocycles. The summed E-state index contributed by atoms with van der Waals surface area (Å²) in [5, 5.41) is 3.16. The molecule has 1 aliphatic rings. The lowest BCUT2D eigenvalue weighted by Gasteiger charge is -2.14. The van der Waals surface area contributed by atoms with Gasteiger partial charge in [0.25, 0.3) is 0 Å². The van der Waals surface area contributed by atoms with Crippen molar-refractivity contribution in [2.75, 3.05) is 27.2 Å². The first-order chi connectivity index (χ1) is 4.72. The standard InChI is InChI=1S/C7H14N2O/c1-9(2)7(10)6-3-4-8-5-6/h6,8H,3-5H2,1-2H3/t6-/m1/s1. The van der Waals surface area contributed by atoms with Gasteiger partial charge in [-0.3, -0.25) is 4.79 Å². The van der Waals surface area contributed by atoms with E-state index in [1.807, 2.05) is 0 Å². The van der Waals surface area contributed by atoms with E-state index >= 15 is 0 Å². The molecule has 1 atom stereocenters. The fourth-order valence-electron chi connectivity index (χ4n) is 1.23. The van der Waals surface area contributed by atoms with Gasteiger partial charge in [-0.1, -0.05) is 0 Å². The lowest BCUT2D eigenvalue weighted by atomic mass is 10.1. The molecule has 0 aliphatic carbocycles. The van der Waals surface area contributed by atoms with Crippen LogP contribution < -0.4 is 5.32 Å². The third kappa shape index (κ3) is 1.48. The fourth-order valence-corrected chi connectivity index (χ4v) is 1.23. The summed E-state index contributed by atoms with van der Waals surface area (Å²) in [5.74, 6) is 0.486. The van der Waals surface area contributed by atoms with E-state index in [-0.39, 0.29) is 11.8 Å². The Bertz CT molecular complexity index is 128. The molecule has 3 heteroatoms. The van der Waals surface area contributed by atoms with Gasteiger partial charge < -0.3 is 10.2 Å². The van der Waals surface area contributed by atoms with Crippen LogP contribution in [0.15, 0.2) is 0 Å². The van der Waals surface area contributed by atoms with Gasteiger partial charge in [0, 0.05) is 20.6 Å². The predicted octanol–water partition coefficient (Wildman–Crippen LogP) is -0.316. The zero-order valence-electron chi connectivity index (χ0n) is 6.55. The highest BCUT2D eigenvalue weighted by atomic mass is 16.2. The van der Waals surface area contributed by atoms with E-state index in [2.05, 4.69) is 5.32 Å². The van der Waals surface area contributed by atoms with Crippen LogP contribution in [0.25, 0.3) is 0 Å². The largest absolute Gasteiger partial charge is 0.349 e. The molecule has 1 heterocycles. The molecule has 3 nitrogen and oxygen atoms in total. The molecule has 1 amide bonds. The minimum absolute atomic E-state index is 0.231. The molecule has 0 aromatic heterocycles. The van der Waals surface area contributed by atoms with Crippen LogP contribution >= 0.6 is 0 Å². The molecule has 0 aromatic carbocycles. The Morgan fingerprint density at radius 3 is 2.70 bits per heavy atom. The number of hydrogen-bond acceptors (Lipinski definition) is 2. The number of amides is 1. The summed E-state index contributed by atoms with van der Waals surface area (Å²) in [6, 6.07) is 0. The maximum absolute atomic E-state index is 11.2. The monoisotopic (exact) mass is 142 g/mol. The number of carbonyl (C=O) groups excluding carboxylic acids is 1. The van der Waals surface area contributed by atoms with Crippen molar-refractivity contribution >= 4 is 5.91 Å². The first-order valence-corrected chi connectivity index (χ1v) is 3.63. The zero-order chi connectivity index (χ0) is 7.56. The van der Waals surface area contributed by atoms with Crippen molar-refractivity contribution in [3.8, 4) is 0 Å². The summed E-state index contributed by atoms with van der Waals surface area (Å²) in [6.45, 7) is 1.85. The van der Waals surface area contributed by atoms with E-state index in [1.54, 1.807) is 19.0 Å². The normalized spacial score (nSPS) is 24.8. The van der Waals surface area contributed by atoms with Gasteiger partial charge >= 0.3 is 0 Å². The molecule has 58 valence electrons. The lowest BCUT2D eigenvalue weighted by molar-refractivity contribution is -0.132. The number of nitrogens with one attached hydrogen (secondary N) is 1. The Labute approximate surface area is 61.4 Å². The van der Waals surface area contributed by atoms with Gasteiger partial charge in [-0.2, -0.15) is 0 Å². The molecule has 0 unspecified atom stereocenters. The second-order valence-electron chi connectivity index (χ2n) is 2.92. The summed E-state index contributed by atoms with van der Waals surface area (Å²) < 4.78 is 0. The molecular formula is C7H14N2O. The Kier molecular flexibility index (Phi) is 2.27. The van der Waals surface area contributed by atoms with E-state index in [4.69, 9.17) is 0 Å². The van der Waals surface area contributed by atoms with E-state index in [1.165, 1.54) is 0 Å². The minimum atomic E-state index is 0.231. The van der Waals surface area contributed by atoms with Crippen molar-refractivity contribution in [2.45, 2.75) is 6.42 Å². The third-order valence-corrected chi connectivity index (χ3v) is 1.85. The van der Waals surface area contributed by atoms with Crippen molar-refractivity contribution in [3.63, 3.8) is 0 Å². The SMILES string of the molecule is CN(C)C(=O)[C@@H]1CCNC1. The quantitative estimate of drug-likeness (QED) is 0.544. The zero-order valence-corrected chi connectivity index (χ0v) is 6.55. The molecule has 0 radical (unpaired) electrons. The van der Waals surface area contributed by atoms with E-state index < -0.39 is 0 Å². The summed E-state index contributed by atoms with van der Waals surface area (Å²) in [6.07, 6.45) is 0.997. The van der Waals surface area contributed by atoms with Gasteiger partial charge in [-0.05, 0) is 13.0 Å². The van der Waals surface area contributed by atoms with Crippen LogP contribution in [-0.4, -0.2) is 38.0 Å². The molecule has 1 fully saturated rings. The molecular weight excluding hydrogens is 128 g/mol. The molecule has 0 aromatic rings. The second kappa shape index (κ2) is 3.01. The van der Waals surface area contributed by atoms with Crippen molar-refractivity contribution in [1.29, 1.82) is 0 Å². The van der Waals surface area contributed by atoms with Gasteiger partial charge in [-0.15, -0.1) is 0 Å². The summed E-state index contributed by atoms with van der Waals surface area (Å²) in [4.78, 5) is 12.9. The van der Waals surface area contributed by atoms with Crippen molar-refractivity contribution < 1.29 is 4.79 Å². The maximum atomic E-state index is 11.2. The van der Waals surface area contributed by atoms with Crippen LogP contribution in [0.3, 0.4) is 0 Å². The molecule has 1 aliphatic heterocycles. The smallest absolute Gasteiger partial charge is 0.226 e. The van der Waals surface area contributed by atoms with Crippen LogP contribution in [0.2, 0.25) is 0 Å². The average Bonchev–Trinajstić information content (AvgIpc) is 2.36. The molecule has 0 bridgehead atoms. The molecule has 1 rings (SSSR count).